The van der Waals surface area contributed by atoms with Crippen molar-refractivity contribution in [1.29, 1.82) is 0 Å². The number of anilines is 1. The van der Waals surface area contributed by atoms with Crippen LogP contribution in [0.3, 0.4) is 0 Å². The molecule has 86 valence electrons. The topological polar surface area (TPSA) is 92.4 Å². The van der Waals surface area contributed by atoms with E-state index in [1.54, 1.807) is 31.2 Å². The maximum Gasteiger partial charge on any atom is 0.305 e. The fourth-order valence-corrected chi connectivity index (χ4v) is 1.36. The molecule has 0 aromatic heterocycles. The summed E-state index contributed by atoms with van der Waals surface area (Å²) >= 11 is 0. The molecular formula is C11H14N2O3. The quantitative estimate of drug-likeness (QED) is 0.694. The van der Waals surface area contributed by atoms with Gasteiger partial charge in [0.05, 0.1) is 6.42 Å². The number of carboxylic acid groups (broad SMARTS) is 1. The molecule has 0 radical (unpaired) electrons. The van der Waals surface area contributed by atoms with Gasteiger partial charge in [0.2, 0.25) is 5.91 Å². The average Bonchev–Trinajstić information content (AvgIpc) is 2.16. The highest BCUT2D eigenvalue weighted by atomic mass is 16.4. The van der Waals surface area contributed by atoms with Gasteiger partial charge in [0, 0.05) is 17.3 Å². The number of carboxylic acids is 1. The summed E-state index contributed by atoms with van der Waals surface area (Å²) in [5, 5.41) is 11.6. The Morgan fingerprint density at radius 1 is 1.50 bits per heavy atom. The number of benzene rings is 1. The van der Waals surface area contributed by atoms with Crippen molar-refractivity contribution in [2.45, 2.75) is 19.4 Å². The van der Waals surface area contributed by atoms with Crippen LogP contribution in [0.1, 0.15) is 23.7 Å². The van der Waals surface area contributed by atoms with E-state index in [0.717, 1.165) is 0 Å². The molecule has 0 aliphatic carbocycles. The lowest BCUT2D eigenvalue weighted by atomic mass is 10.1. The number of amides is 1. The molecule has 5 nitrogen and oxygen atoms in total. The van der Waals surface area contributed by atoms with Crippen molar-refractivity contribution in [3.8, 4) is 0 Å². The minimum absolute atomic E-state index is 0.0147. The van der Waals surface area contributed by atoms with Gasteiger partial charge >= 0.3 is 5.97 Å². The third kappa shape index (κ3) is 3.61. The summed E-state index contributed by atoms with van der Waals surface area (Å²) in [5.74, 6) is -1.37. The first-order valence-electron chi connectivity index (χ1n) is 4.87. The molecular weight excluding hydrogens is 208 g/mol. The second kappa shape index (κ2) is 5.16. The molecule has 1 unspecified atom stereocenters. The van der Waals surface area contributed by atoms with Gasteiger partial charge in [-0.05, 0) is 25.1 Å². The molecule has 1 aromatic rings. The zero-order chi connectivity index (χ0) is 12.1. The normalized spacial score (nSPS) is 11.8. The number of primary amides is 1. The summed E-state index contributed by atoms with van der Waals surface area (Å²) in [7, 11) is 0. The molecule has 0 bridgehead atoms. The van der Waals surface area contributed by atoms with E-state index in [0.29, 0.717) is 11.3 Å². The van der Waals surface area contributed by atoms with Crippen molar-refractivity contribution in [2.75, 3.05) is 5.32 Å². The van der Waals surface area contributed by atoms with Crippen molar-refractivity contribution in [1.82, 2.24) is 0 Å². The van der Waals surface area contributed by atoms with Crippen LogP contribution in [0.15, 0.2) is 24.3 Å². The summed E-state index contributed by atoms with van der Waals surface area (Å²) in [6.45, 7) is 1.76. The Hall–Kier alpha value is -2.04. The zero-order valence-corrected chi connectivity index (χ0v) is 8.93. The Bertz CT molecular complexity index is 404. The lowest BCUT2D eigenvalue weighted by Crippen LogP contribution is -2.19. The van der Waals surface area contributed by atoms with Crippen LogP contribution in [0, 0.1) is 0 Å². The average molecular weight is 222 g/mol. The van der Waals surface area contributed by atoms with Crippen molar-refractivity contribution >= 4 is 17.6 Å². The van der Waals surface area contributed by atoms with Crippen LogP contribution in [0.4, 0.5) is 5.69 Å². The molecule has 1 atom stereocenters. The van der Waals surface area contributed by atoms with Gasteiger partial charge in [-0.1, -0.05) is 6.07 Å². The maximum atomic E-state index is 10.9. The van der Waals surface area contributed by atoms with E-state index in [4.69, 9.17) is 10.8 Å². The minimum Gasteiger partial charge on any atom is -0.481 e. The Balaban J connectivity index is 2.70. The number of nitrogens with one attached hydrogen (secondary N) is 1. The fourth-order valence-electron chi connectivity index (χ4n) is 1.36. The summed E-state index contributed by atoms with van der Waals surface area (Å²) in [5.41, 5.74) is 6.21. The Labute approximate surface area is 93.3 Å². The zero-order valence-electron chi connectivity index (χ0n) is 8.93. The Kier molecular flexibility index (Phi) is 3.88. The number of rotatable bonds is 5. The van der Waals surface area contributed by atoms with E-state index >= 15 is 0 Å². The van der Waals surface area contributed by atoms with Gasteiger partial charge in [-0.25, -0.2) is 0 Å². The lowest BCUT2D eigenvalue weighted by molar-refractivity contribution is -0.137. The monoisotopic (exact) mass is 222 g/mol. The van der Waals surface area contributed by atoms with Gasteiger partial charge in [-0.3, -0.25) is 9.59 Å². The van der Waals surface area contributed by atoms with Crippen LogP contribution in [-0.2, 0) is 4.79 Å². The van der Waals surface area contributed by atoms with E-state index in [2.05, 4.69) is 5.32 Å². The Morgan fingerprint density at radius 2 is 2.19 bits per heavy atom. The van der Waals surface area contributed by atoms with E-state index < -0.39 is 11.9 Å². The molecule has 0 spiro atoms. The third-order valence-electron chi connectivity index (χ3n) is 2.04. The molecule has 0 saturated carbocycles. The van der Waals surface area contributed by atoms with Crippen molar-refractivity contribution < 1.29 is 14.7 Å². The van der Waals surface area contributed by atoms with Gasteiger partial charge in [0.25, 0.3) is 0 Å². The molecule has 0 fully saturated rings. The molecule has 4 N–H and O–H groups in total. The number of carbonyl (C=O) groups is 2. The summed E-state index contributed by atoms with van der Waals surface area (Å²) in [4.78, 5) is 21.4. The molecule has 1 amide bonds. The Morgan fingerprint density at radius 3 is 2.75 bits per heavy atom. The van der Waals surface area contributed by atoms with Crippen molar-refractivity contribution in [2.24, 2.45) is 5.73 Å². The van der Waals surface area contributed by atoms with E-state index in [1.165, 1.54) is 0 Å². The van der Waals surface area contributed by atoms with Gasteiger partial charge < -0.3 is 16.2 Å². The first kappa shape index (κ1) is 12.0. The molecule has 0 heterocycles. The highest BCUT2D eigenvalue weighted by Gasteiger charge is 2.08. The van der Waals surface area contributed by atoms with E-state index in [9.17, 15) is 9.59 Å². The first-order valence-corrected chi connectivity index (χ1v) is 4.87. The molecule has 1 aromatic carbocycles. The summed E-state index contributed by atoms with van der Waals surface area (Å²) in [6, 6.07) is 6.44. The minimum atomic E-state index is -0.869. The van der Waals surface area contributed by atoms with Crippen molar-refractivity contribution in [3.63, 3.8) is 0 Å². The first-order chi connectivity index (χ1) is 7.49. The van der Waals surface area contributed by atoms with Gasteiger partial charge in [-0.15, -0.1) is 0 Å². The molecule has 0 aliphatic heterocycles. The molecule has 0 aliphatic rings. The lowest BCUT2D eigenvalue weighted by Gasteiger charge is -2.13. The highest BCUT2D eigenvalue weighted by Crippen LogP contribution is 2.12. The predicted molar refractivity (Wildman–Crippen MR) is 60.3 cm³/mol. The summed E-state index contributed by atoms with van der Waals surface area (Å²) in [6.07, 6.45) is 0.0147. The second-order valence-electron chi connectivity index (χ2n) is 3.59. The molecule has 0 saturated heterocycles. The van der Waals surface area contributed by atoms with Crippen LogP contribution in [0.25, 0.3) is 0 Å². The van der Waals surface area contributed by atoms with Gasteiger partial charge in [0.1, 0.15) is 0 Å². The summed E-state index contributed by atoms with van der Waals surface area (Å²) < 4.78 is 0. The van der Waals surface area contributed by atoms with E-state index in [-0.39, 0.29) is 12.5 Å². The predicted octanol–water partition coefficient (Wildman–Crippen LogP) is 1.06. The van der Waals surface area contributed by atoms with Gasteiger partial charge in [-0.2, -0.15) is 0 Å². The van der Waals surface area contributed by atoms with Crippen LogP contribution in [0.5, 0.6) is 0 Å². The fraction of sp³-hybridized carbons (Fsp3) is 0.273. The molecule has 16 heavy (non-hydrogen) atoms. The number of hydrogen-bond donors (Lipinski definition) is 3. The maximum absolute atomic E-state index is 10.9. The number of aliphatic carboxylic acids is 1. The van der Waals surface area contributed by atoms with Crippen LogP contribution < -0.4 is 11.1 Å². The third-order valence-corrected chi connectivity index (χ3v) is 2.04. The van der Waals surface area contributed by atoms with Crippen molar-refractivity contribution in [3.05, 3.63) is 29.8 Å². The van der Waals surface area contributed by atoms with Crippen LogP contribution in [-0.4, -0.2) is 23.0 Å². The van der Waals surface area contributed by atoms with E-state index in [1.807, 2.05) is 0 Å². The van der Waals surface area contributed by atoms with Gasteiger partial charge in [0.15, 0.2) is 0 Å². The van der Waals surface area contributed by atoms with Crippen LogP contribution in [0.2, 0.25) is 0 Å². The number of hydrogen-bond acceptors (Lipinski definition) is 3. The largest absolute Gasteiger partial charge is 0.481 e. The smallest absolute Gasteiger partial charge is 0.305 e. The molecule has 1 rings (SSSR count). The SMILES string of the molecule is CC(CC(=O)O)Nc1cccc(C(N)=O)c1. The molecule has 5 heteroatoms. The highest BCUT2D eigenvalue weighted by molar-refractivity contribution is 5.93. The standard InChI is InChI=1S/C11H14N2O3/c1-7(5-10(14)15)13-9-4-2-3-8(6-9)11(12)16/h2-4,6-7,13H,5H2,1H3,(H2,12,16)(H,14,15). The number of carbonyl (C=O) groups excluding carboxylic acids is 1. The number of nitrogens with two attached hydrogens (primary N) is 1. The second-order valence-corrected chi connectivity index (χ2v) is 3.59. The van der Waals surface area contributed by atoms with Crippen LogP contribution >= 0.6 is 0 Å².